The number of fused-ring (bicyclic) bond motifs is 2. The third-order valence-corrected chi connectivity index (χ3v) is 12.4. The van der Waals surface area contributed by atoms with Crippen molar-refractivity contribution in [1.82, 2.24) is 0 Å². The Morgan fingerprint density at radius 2 is 1.65 bits per heavy atom. The fraction of sp³-hybridized carbons (Fsp3) is 0.667. The highest BCUT2D eigenvalue weighted by Gasteiger charge is 2.47. The summed E-state index contributed by atoms with van der Waals surface area (Å²) in [5, 5.41) is 11.4. The van der Waals surface area contributed by atoms with E-state index in [1.807, 2.05) is 19.1 Å². The third-order valence-electron chi connectivity index (χ3n) is 5.71. The Morgan fingerprint density at radius 1 is 1.09 bits per heavy atom. The minimum atomic E-state index is -1.86. The van der Waals surface area contributed by atoms with Crippen LogP contribution in [0.3, 0.4) is 0 Å². The van der Waals surface area contributed by atoms with Crippen LogP contribution in [0.4, 0.5) is 0 Å². The van der Waals surface area contributed by atoms with Crippen molar-refractivity contribution in [2.75, 3.05) is 14.2 Å². The summed E-state index contributed by atoms with van der Waals surface area (Å²) in [4.78, 5) is 0. The number of benzene rings is 1. The number of rotatable bonds is 4. The molecule has 2 saturated heterocycles. The van der Waals surface area contributed by atoms with Gasteiger partial charge in [0.05, 0.1) is 14.2 Å². The first kappa shape index (κ1) is 17.3. The Labute approximate surface area is 144 Å². The molecule has 0 radical (unpaired) electrons. The van der Waals surface area contributed by atoms with Gasteiger partial charge in [-0.3, -0.25) is 0 Å². The molecule has 1 N–H and O–H groups in total. The van der Waals surface area contributed by atoms with Crippen LogP contribution in [0.25, 0.3) is 0 Å². The molecule has 2 bridgehead atoms. The second kappa shape index (κ2) is 6.74. The van der Waals surface area contributed by atoms with Crippen LogP contribution in [0.5, 0.6) is 11.5 Å². The quantitative estimate of drug-likeness (QED) is 0.803. The van der Waals surface area contributed by atoms with Crippen molar-refractivity contribution in [3.63, 3.8) is 0 Å². The first-order valence-electron chi connectivity index (χ1n) is 8.52. The fourth-order valence-electron chi connectivity index (χ4n) is 4.52. The van der Waals surface area contributed by atoms with E-state index in [-0.39, 0.29) is 0 Å². The molecule has 0 amide bonds. The van der Waals surface area contributed by atoms with Crippen molar-refractivity contribution in [2.45, 2.75) is 62.6 Å². The number of aliphatic hydroxyl groups excluding tert-OH is 1. The van der Waals surface area contributed by atoms with Crippen molar-refractivity contribution in [3.05, 3.63) is 23.3 Å². The molecule has 2 heterocycles. The average Bonchev–Trinajstić information content (AvgIpc) is 2.52. The van der Waals surface area contributed by atoms with E-state index in [1.54, 1.807) is 14.2 Å². The highest BCUT2D eigenvalue weighted by atomic mass is 32.4. The van der Waals surface area contributed by atoms with E-state index in [1.165, 1.54) is 38.5 Å². The van der Waals surface area contributed by atoms with Gasteiger partial charge in [0.25, 0.3) is 0 Å². The molecule has 0 saturated carbocycles. The highest BCUT2D eigenvalue weighted by molar-refractivity contribution is 8.15. The van der Waals surface area contributed by atoms with Gasteiger partial charge in [-0.15, -0.1) is 0 Å². The van der Waals surface area contributed by atoms with Crippen molar-refractivity contribution in [2.24, 2.45) is 0 Å². The number of hydrogen-bond acceptors (Lipinski definition) is 4. The predicted molar refractivity (Wildman–Crippen MR) is 98.8 cm³/mol. The molecule has 1 unspecified atom stereocenters. The first-order chi connectivity index (χ1) is 11.0. The number of methoxy groups -OCH3 is 2. The van der Waals surface area contributed by atoms with E-state index in [0.29, 0.717) is 17.1 Å². The van der Waals surface area contributed by atoms with E-state index in [9.17, 15) is 5.11 Å². The summed E-state index contributed by atoms with van der Waals surface area (Å²) in [6, 6.07) is 1.98. The van der Waals surface area contributed by atoms with E-state index in [2.05, 4.69) is 0 Å². The lowest BCUT2D eigenvalue weighted by molar-refractivity contribution is 0.246. The lowest BCUT2D eigenvalue weighted by Gasteiger charge is -2.48. The molecule has 2 fully saturated rings. The minimum Gasteiger partial charge on any atom is -0.497 e. The van der Waals surface area contributed by atoms with Crippen LogP contribution in [0.1, 0.15) is 55.5 Å². The van der Waals surface area contributed by atoms with Gasteiger partial charge in [0.2, 0.25) is 0 Å². The summed E-state index contributed by atoms with van der Waals surface area (Å²) < 4.78 is 10.9. The SMILES string of the molecule is COc1cc(C)c(C(O)P2(=S)C3CCCC2CCC3)c(OC)c1. The van der Waals surface area contributed by atoms with E-state index < -0.39 is 11.9 Å². The topological polar surface area (TPSA) is 38.7 Å². The number of aryl methyl sites for hydroxylation is 1. The minimum absolute atomic E-state index is 0.547. The van der Waals surface area contributed by atoms with Crippen molar-refractivity contribution in [1.29, 1.82) is 0 Å². The maximum Gasteiger partial charge on any atom is 0.129 e. The Morgan fingerprint density at radius 3 is 2.13 bits per heavy atom. The van der Waals surface area contributed by atoms with Gasteiger partial charge in [-0.25, -0.2) is 0 Å². The summed E-state index contributed by atoms with van der Waals surface area (Å²) in [6.45, 7) is 2.02. The van der Waals surface area contributed by atoms with Crippen molar-refractivity contribution >= 4 is 17.8 Å². The monoisotopic (exact) mass is 354 g/mol. The van der Waals surface area contributed by atoms with E-state index in [0.717, 1.165) is 16.9 Å². The van der Waals surface area contributed by atoms with Crippen molar-refractivity contribution in [3.8, 4) is 11.5 Å². The fourth-order valence-corrected chi connectivity index (χ4v) is 10.6. The third kappa shape index (κ3) is 2.83. The molecule has 2 aliphatic rings. The second-order valence-corrected chi connectivity index (χ2v) is 12.2. The van der Waals surface area contributed by atoms with Gasteiger partial charge in [-0.05, 0) is 61.6 Å². The normalized spacial score (nSPS) is 31.5. The van der Waals surface area contributed by atoms with Crippen LogP contribution in [-0.2, 0) is 11.8 Å². The van der Waals surface area contributed by atoms with Gasteiger partial charge in [-0.2, -0.15) is 0 Å². The van der Waals surface area contributed by atoms with Crippen LogP contribution in [0, 0.1) is 6.92 Å². The zero-order valence-electron chi connectivity index (χ0n) is 14.2. The van der Waals surface area contributed by atoms with Gasteiger partial charge in [0, 0.05) is 11.6 Å². The van der Waals surface area contributed by atoms with Gasteiger partial charge in [0.15, 0.2) is 0 Å². The van der Waals surface area contributed by atoms with Gasteiger partial charge in [0.1, 0.15) is 17.3 Å². The first-order valence-corrected chi connectivity index (χ1v) is 11.5. The Bertz CT molecular complexity index is 605. The van der Waals surface area contributed by atoms with Crippen LogP contribution >= 0.6 is 6.04 Å². The highest BCUT2D eigenvalue weighted by Crippen LogP contribution is 2.73. The standard InChI is InChI=1S/C18H27O3PS/c1-12-10-13(20-2)11-16(21-3)17(12)18(19)22(23)14-6-4-7-15(22)9-5-8-14/h10-11,14-15,18-19H,4-9H2,1-3H3. The molecular weight excluding hydrogens is 327 g/mol. The predicted octanol–water partition coefficient (Wildman–Crippen LogP) is 4.59. The van der Waals surface area contributed by atoms with Crippen LogP contribution in [0.15, 0.2) is 12.1 Å². The van der Waals surface area contributed by atoms with Crippen LogP contribution in [0.2, 0.25) is 0 Å². The molecule has 128 valence electrons. The lowest BCUT2D eigenvalue weighted by Crippen LogP contribution is -2.32. The van der Waals surface area contributed by atoms with E-state index in [4.69, 9.17) is 21.3 Å². The molecule has 3 rings (SSSR count). The maximum atomic E-state index is 11.4. The smallest absolute Gasteiger partial charge is 0.129 e. The lowest BCUT2D eigenvalue weighted by atomic mass is 9.99. The van der Waals surface area contributed by atoms with E-state index >= 15 is 0 Å². The van der Waals surface area contributed by atoms with Crippen LogP contribution < -0.4 is 9.47 Å². The average molecular weight is 354 g/mol. The molecule has 1 aromatic rings. The second-order valence-electron chi connectivity index (χ2n) is 6.87. The zero-order valence-corrected chi connectivity index (χ0v) is 16.0. The van der Waals surface area contributed by atoms with Gasteiger partial charge >= 0.3 is 0 Å². The summed E-state index contributed by atoms with van der Waals surface area (Å²) >= 11 is 6.26. The number of ether oxygens (including phenoxy) is 2. The molecule has 1 atom stereocenters. The van der Waals surface area contributed by atoms with Gasteiger partial charge < -0.3 is 14.6 Å². The number of hydrogen-bond donors (Lipinski definition) is 1. The zero-order chi connectivity index (χ0) is 16.6. The Kier molecular flexibility index (Phi) is 5.06. The number of aliphatic hydroxyl groups is 1. The van der Waals surface area contributed by atoms with Crippen LogP contribution in [-0.4, -0.2) is 30.6 Å². The summed E-state index contributed by atoms with van der Waals surface area (Å²) in [5.74, 6) is 0.923. The summed E-state index contributed by atoms with van der Waals surface area (Å²) in [6.07, 6.45) is 7.34. The molecule has 3 nitrogen and oxygen atoms in total. The van der Waals surface area contributed by atoms with Crippen molar-refractivity contribution < 1.29 is 14.6 Å². The molecule has 5 heteroatoms. The molecular formula is C18H27O3PS. The Balaban J connectivity index is 2.06. The molecule has 0 spiro atoms. The summed E-state index contributed by atoms with van der Waals surface area (Å²) in [7, 11) is 3.30. The molecule has 1 aromatic carbocycles. The Hall–Kier alpha value is -0.570. The largest absolute Gasteiger partial charge is 0.497 e. The molecule has 23 heavy (non-hydrogen) atoms. The maximum absolute atomic E-state index is 11.4. The summed E-state index contributed by atoms with van der Waals surface area (Å²) in [5.41, 5.74) is 3.01. The molecule has 2 aliphatic heterocycles. The molecule has 0 aliphatic carbocycles. The van der Waals surface area contributed by atoms with Gasteiger partial charge in [-0.1, -0.05) is 24.6 Å². The molecule has 0 aromatic heterocycles.